The van der Waals surface area contributed by atoms with Gasteiger partial charge in [0.25, 0.3) is 0 Å². The second kappa shape index (κ2) is 19.0. The van der Waals surface area contributed by atoms with Gasteiger partial charge in [-0.3, -0.25) is 0 Å². The Kier molecular flexibility index (Phi) is 14.9. The van der Waals surface area contributed by atoms with Gasteiger partial charge in [-0.2, -0.15) is 0 Å². The van der Waals surface area contributed by atoms with Crippen molar-refractivity contribution in [3.05, 3.63) is 65.2 Å². The predicted molar refractivity (Wildman–Crippen MR) is 208 cm³/mol. The lowest BCUT2D eigenvalue weighted by molar-refractivity contribution is 0.130. The minimum Gasteiger partial charge on any atom is -0.497 e. The molecule has 0 aromatic heterocycles. The second-order valence-electron chi connectivity index (χ2n) is 17.3. The van der Waals surface area contributed by atoms with Crippen LogP contribution in [0.1, 0.15) is 179 Å². The van der Waals surface area contributed by atoms with Crippen LogP contribution in [0.15, 0.2) is 48.5 Å². The molecule has 6 unspecified atom stereocenters. The lowest BCUT2D eigenvalue weighted by atomic mass is 9.65. The third-order valence-electron chi connectivity index (χ3n) is 14.3. The van der Waals surface area contributed by atoms with Crippen molar-refractivity contribution in [2.45, 2.75) is 168 Å². The van der Waals surface area contributed by atoms with Crippen LogP contribution in [0.3, 0.4) is 0 Å². The van der Waals surface area contributed by atoms with Gasteiger partial charge in [-0.25, -0.2) is 0 Å². The first kappa shape index (κ1) is 37.5. The molecule has 4 fully saturated rings. The quantitative estimate of drug-likeness (QED) is 0.248. The number of hydrogen-bond acceptors (Lipinski definition) is 1. The Balaban J connectivity index is 0.000000188. The average molecular weight is 655 g/mol. The first-order valence-electron chi connectivity index (χ1n) is 21.1. The van der Waals surface area contributed by atoms with Crippen LogP contribution in [0, 0.1) is 47.3 Å². The van der Waals surface area contributed by atoms with Crippen molar-refractivity contribution in [2.75, 3.05) is 7.11 Å². The summed E-state index contributed by atoms with van der Waals surface area (Å²) in [5, 5.41) is 0. The van der Waals surface area contributed by atoms with Crippen LogP contribution in [0.4, 0.5) is 0 Å². The van der Waals surface area contributed by atoms with Crippen molar-refractivity contribution in [3.63, 3.8) is 0 Å². The number of rotatable bonds is 10. The van der Waals surface area contributed by atoms with Gasteiger partial charge in [0.2, 0.25) is 0 Å². The van der Waals surface area contributed by atoms with Gasteiger partial charge in [0, 0.05) is 0 Å². The first-order chi connectivity index (χ1) is 23.4. The molecule has 0 bridgehead atoms. The number of hydrogen-bond donors (Lipinski definition) is 0. The number of aryl methyl sites for hydroxylation is 1. The zero-order valence-electron chi connectivity index (χ0n) is 32.2. The highest BCUT2D eigenvalue weighted by molar-refractivity contribution is 5.30. The van der Waals surface area contributed by atoms with Gasteiger partial charge in [-0.05, 0) is 159 Å². The largest absolute Gasteiger partial charge is 0.497 e. The monoisotopic (exact) mass is 655 g/mol. The van der Waals surface area contributed by atoms with E-state index in [1.165, 1.54) is 127 Å². The van der Waals surface area contributed by atoms with Crippen LogP contribution in [0.2, 0.25) is 0 Å². The normalized spacial score (nSPS) is 34.1. The van der Waals surface area contributed by atoms with Gasteiger partial charge >= 0.3 is 0 Å². The fraction of sp³-hybridized carbons (Fsp3) is 0.745. The summed E-state index contributed by atoms with van der Waals surface area (Å²) in [6.07, 6.45) is 27.6. The van der Waals surface area contributed by atoms with Crippen LogP contribution in [0.5, 0.6) is 5.75 Å². The second-order valence-corrected chi connectivity index (χ2v) is 17.3. The van der Waals surface area contributed by atoms with E-state index in [1.807, 2.05) is 0 Å². The number of ether oxygens (including phenoxy) is 1. The fourth-order valence-electron chi connectivity index (χ4n) is 11.3. The Hall–Kier alpha value is -1.76. The average Bonchev–Trinajstić information content (AvgIpc) is 3.13. The molecule has 0 radical (unpaired) electrons. The molecule has 0 saturated heterocycles. The first-order valence-corrected chi connectivity index (χ1v) is 21.1. The van der Waals surface area contributed by atoms with E-state index in [0.29, 0.717) is 0 Å². The zero-order valence-corrected chi connectivity index (χ0v) is 32.2. The van der Waals surface area contributed by atoms with E-state index in [0.717, 1.165) is 71.3 Å². The molecule has 2 aromatic carbocycles. The van der Waals surface area contributed by atoms with Gasteiger partial charge in [0.05, 0.1) is 7.11 Å². The minimum atomic E-state index is 0.753. The molecule has 0 aliphatic heterocycles. The maximum atomic E-state index is 5.31. The van der Waals surface area contributed by atoms with Gasteiger partial charge < -0.3 is 4.74 Å². The molecule has 268 valence electrons. The molecule has 6 atom stereocenters. The topological polar surface area (TPSA) is 9.23 Å². The lowest BCUT2D eigenvalue weighted by Gasteiger charge is -2.41. The van der Waals surface area contributed by atoms with E-state index < -0.39 is 0 Å². The molecule has 0 N–H and O–H groups in total. The van der Waals surface area contributed by atoms with E-state index in [4.69, 9.17) is 4.74 Å². The van der Waals surface area contributed by atoms with Crippen LogP contribution in [0.25, 0.3) is 0 Å². The molecule has 48 heavy (non-hydrogen) atoms. The molecular formula is C47H74O. The summed E-state index contributed by atoms with van der Waals surface area (Å²) in [5.74, 6) is 10.4. The number of benzene rings is 2. The molecular weight excluding hydrogens is 581 g/mol. The Morgan fingerprint density at radius 1 is 0.500 bits per heavy atom. The number of methoxy groups -OCH3 is 1. The Morgan fingerprint density at radius 2 is 0.896 bits per heavy atom. The van der Waals surface area contributed by atoms with Gasteiger partial charge in [0.15, 0.2) is 0 Å². The SMILES string of the molecule is CCC[C@H]1CC[C@H](C2CCC(c3ccc(CC)cc3)C(C)C2)CC1.CCC[C@H]1CC[C@H](C2CCC(c3ccc(OC)cc3)C(C)C2)CC1. The maximum Gasteiger partial charge on any atom is 0.118 e. The molecule has 0 heterocycles. The highest BCUT2D eigenvalue weighted by atomic mass is 16.5. The molecule has 0 spiro atoms. The summed E-state index contributed by atoms with van der Waals surface area (Å²) < 4.78 is 5.31. The highest BCUT2D eigenvalue weighted by Crippen LogP contribution is 2.48. The van der Waals surface area contributed by atoms with Crippen molar-refractivity contribution in [2.24, 2.45) is 47.3 Å². The summed E-state index contributed by atoms with van der Waals surface area (Å²) >= 11 is 0. The smallest absolute Gasteiger partial charge is 0.118 e. The molecule has 0 amide bonds. The standard InChI is InChI=1S/C24H38.C23H36O/c1-4-6-20-9-11-21(12-10-20)23-15-16-24(18(3)17-23)22-13-7-19(5-2)8-14-22;1-4-5-18-6-8-19(9-7-18)21-12-15-23(17(2)16-21)20-10-13-22(24-3)14-11-20/h7-8,13-14,18,20-21,23-24H,4-6,9-12,15-17H2,1-3H3;10-11,13-14,17-19,21,23H,4-9,12,15-16H2,1-3H3/t18?,20-,21-,23?,24?;17?,18-,19-,21?,23?. The summed E-state index contributed by atoms with van der Waals surface area (Å²) in [6, 6.07) is 18.4. The lowest BCUT2D eigenvalue weighted by Crippen LogP contribution is -2.29. The summed E-state index contributed by atoms with van der Waals surface area (Å²) in [7, 11) is 1.75. The molecule has 1 heteroatoms. The minimum absolute atomic E-state index is 0.753. The maximum absolute atomic E-state index is 5.31. The van der Waals surface area contributed by atoms with Crippen LogP contribution >= 0.6 is 0 Å². The van der Waals surface area contributed by atoms with E-state index in [1.54, 1.807) is 12.7 Å². The van der Waals surface area contributed by atoms with E-state index >= 15 is 0 Å². The summed E-state index contributed by atoms with van der Waals surface area (Å²) in [4.78, 5) is 0. The summed E-state index contributed by atoms with van der Waals surface area (Å²) in [6.45, 7) is 11.9. The highest BCUT2D eigenvalue weighted by Gasteiger charge is 2.36. The van der Waals surface area contributed by atoms with Crippen molar-refractivity contribution >= 4 is 0 Å². The van der Waals surface area contributed by atoms with Crippen LogP contribution in [-0.4, -0.2) is 7.11 Å². The third kappa shape index (κ3) is 10.2. The molecule has 4 aliphatic rings. The summed E-state index contributed by atoms with van der Waals surface area (Å²) in [5.41, 5.74) is 4.60. The van der Waals surface area contributed by atoms with Gasteiger partial charge in [-0.15, -0.1) is 0 Å². The zero-order chi connectivity index (χ0) is 33.9. The van der Waals surface area contributed by atoms with Crippen molar-refractivity contribution in [1.82, 2.24) is 0 Å². The van der Waals surface area contributed by atoms with Crippen molar-refractivity contribution < 1.29 is 4.74 Å². The molecule has 6 rings (SSSR count). The van der Waals surface area contributed by atoms with E-state index in [9.17, 15) is 0 Å². The molecule has 1 nitrogen and oxygen atoms in total. The van der Waals surface area contributed by atoms with Crippen LogP contribution in [-0.2, 0) is 6.42 Å². The van der Waals surface area contributed by atoms with Gasteiger partial charge in [0.1, 0.15) is 5.75 Å². The van der Waals surface area contributed by atoms with Crippen LogP contribution < -0.4 is 4.74 Å². The molecule has 4 saturated carbocycles. The predicted octanol–water partition coefficient (Wildman–Crippen LogP) is 14.2. The Labute approximate surface area is 297 Å². The molecule has 4 aliphatic carbocycles. The Morgan fingerprint density at radius 3 is 1.25 bits per heavy atom. The van der Waals surface area contributed by atoms with E-state index in [-0.39, 0.29) is 0 Å². The molecule has 2 aromatic rings. The fourth-order valence-corrected chi connectivity index (χ4v) is 11.3. The van der Waals surface area contributed by atoms with E-state index in [2.05, 4.69) is 83.1 Å². The van der Waals surface area contributed by atoms with Gasteiger partial charge in [-0.1, -0.05) is 122 Å². The Bertz CT molecular complexity index is 1060. The third-order valence-corrected chi connectivity index (χ3v) is 14.3. The van der Waals surface area contributed by atoms with Crippen molar-refractivity contribution in [3.8, 4) is 5.75 Å². The van der Waals surface area contributed by atoms with Crippen molar-refractivity contribution in [1.29, 1.82) is 0 Å².